The molecular formula is C12H15NO4. The predicted octanol–water partition coefficient (Wildman–Crippen LogP) is 1.41. The summed E-state index contributed by atoms with van der Waals surface area (Å²) in [4.78, 5) is 23.3. The molecule has 1 aliphatic rings. The summed E-state index contributed by atoms with van der Waals surface area (Å²) in [6.45, 7) is 3.23. The zero-order valence-corrected chi connectivity index (χ0v) is 9.86. The number of aryl methyl sites for hydroxylation is 1. The summed E-state index contributed by atoms with van der Waals surface area (Å²) in [5, 5.41) is 2.78. The van der Waals surface area contributed by atoms with E-state index >= 15 is 0 Å². The molecule has 17 heavy (non-hydrogen) atoms. The van der Waals surface area contributed by atoms with Crippen LogP contribution in [0.4, 0.5) is 0 Å². The van der Waals surface area contributed by atoms with Gasteiger partial charge in [0.2, 0.25) is 0 Å². The minimum Gasteiger partial charge on any atom is -0.469 e. The molecule has 1 heterocycles. The highest BCUT2D eigenvalue weighted by molar-refractivity contribution is 5.93. The van der Waals surface area contributed by atoms with Crippen LogP contribution in [0.3, 0.4) is 0 Å². The molecule has 1 saturated carbocycles. The van der Waals surface area contributed by atoms with Crippen LogP contribution < -0.4 is 5.32 Å². The van der Waals surface area contributed by atoms with E-state index in [1.165, 1.54) is 12.3 Å². The third-order valence-corrected chi connectivity index (χ3v) is 2.66. The second-order valence-electron chi connectivity index (χ2n) is 4.22. The SMILES string of the molecule is Cc1occc1C(=O)OC(C)C(=O)NC1CC1. The maximum atomic E-state index is 11.7. The fraction of sp³-hybridized carbons (Fsp3) is 0.500. The molecule has 1 aliphatic carbocycles. The Morgan fingerprint density at radius 2 is 2.24 bits per heavy atom. The van der Waals surface area contributed by atoms with Gasteiger partial charge in [-0.3, -0.25) is 4.79 Å². The monoisotopic (exact) mass is 237 g/mol. The predicted molar refractivity (Wildman–Crippen MR) is 59.5 cm³/mol. The summed E-state index contributed by atoms with van der Waals surface area (Å²) in [5.41, 5.74) is 0.357. The molecule has 2 rings (SSSR count). The summed E-state index contributed by atoms with van der Waals surface area (Å²) in [6, 6.07) is 1.79. The summed E-state index contributed by atoms with van der Waals surface area (Å²) in [7, 11) is 0. The third kappa shape index (κ3) is 2.87. The molecule has 0 radical (unpaired) electrons. The van der Waals surface area contributed by atoms with E-state index in [2.05, 4.69) is 5.32 Å². The zero-order valence-electron chi connectivity index (χ0n) is 9.86. The molecule has 0 bridgehead atoms. The Labute approximate surface area is 99.1 Å². The first-order valence-electron chi connectivity index (χ1n) is 5.63. The Morgan fingerprint density at radius 1 is 1.53 bits per heavy atom. The molecule has 1 fully saturated rings. The number of furan rings is 1. The molecule has 1 aromatic heterocycles. The number of rotatable bonds is 4. The van der Waals surface area contributed by atoms with Gasteiger partial charge in [0.05, 0.1) is 6.26 Å². The van der Waals surface area contributed by atoms with Gasteiger partial charge in [0, 0.05) is 6.04 Å². The highest BCUT2D eigenvalue weighted by Gasteiger charge is 2.27. The van der Waals surface area contributed by atoms with E-state index in [0.29, 0.717) is 11.3 Å². The van der Waals surface area contributed by atoms with Crippen molar-refractivity contribution in [1.82, 2.24) is 5.32 Å². The van der Waals surface area contributed by atoms with Crippen LogP contribution in [0.5, 0.6) is 0 Å². The van der Waals surface area contributed by atoms with Crippen LogP contribution in [0, 0.1) is 6.92 Å². The second-order valence-corrected chi connectivity index (χ2v) is 4.22. The molecular weight excluding hydrogens is 222 g/mol. The average molecular weight is 237 g/mol. The first-order valence-corrected chi connectivity index (χ1v) is 5.63. The van der Waals surface area contributed by atoms with E-state index in [0.717, 1.165) is 12.8 Å². The van der Waals surface area contributed by atoms with Crippen LogP contribution >= 0.6 is 0 Å². The summed E-state index contributed by atoms with van der Waals surface area (Å²) < 4.78 is 10.1. The minimum atomic E-state index is -0.780. The van der Waals surface area contributed by atoms with Gasteiger partial charge in [-0.1, -0.05) is 0 Å². The van der Waals surface area contributed by atoms with E-state index < -0.39 is 12.1 Å². The number of nitrogens with one attached hydrogen (secondary N) is 1. The van der Waals surface area contributed by atoms with Crippen LogP contribution in [0.25, 0.3) is 0 Å². The first-order chi connectivity index (χ1) is 8.08. The van der Waals surface area contributed by atoms with Crippen molar-refractivity contribution >= 4 is 11.9 Å². The minimum absolute atomic E-state index is 0.248. The third-order valence-electron chi connectivity index (χ3n) is 2.66. The molecule has 0 saturated heterocycles. The molecule has 0 aliphatic heterocycles. The molecule has 1 N–H and O–H groups in total. The Kier molecular flexibility index (Phi) is 3.17. The smallest absolute Gasteiger partial charge is 0.342 e. The van der Waals surface area contributed by atoms with Crippen LogP contribution in [0.15, 0.2) is 16.7 Å². The molecule has 0 spiro atoms. The van der Waals surface area contributed by atoms with Crippen LogP contribution in [0.2, 0.25) is 0 Å². The van der Waals surface area contributed by atoms with Crippen molar-refractivity contribution in [3.05, 3.63) is 23.7 Å². The Hall–Kier alpha value is -1.78. The van der Waals surface area contributed by atoms with Gasteiger partial charge in [0.1, 0.15) is 11.3 Å². The van der Waals surface area contributed by atoms with Crippen LogP contribution in [-0.4, -0.2) is 24.0 Å². The summed E-state index contributed by atoms with van der Waals surface area (Å²) in [5.74, 6) is -0.290. The van der Waals surface area contributed by atoms with Crippen LogP contribution in [0.1, 0.15) is 35.9 Å². The van der Waals surface area contributed by atoms with Crippen molar-refractivity contribution in [2.75, 3.05) is 0 Å². The lowest BCUT2D eigenvalue weighted by Crippen LogP contribution is -2.37. The Bertz CT molecular complexity index is 433. The maximum absolute atomic E-state index is 11.7. The van der Waals surface area contributed by atoms with Gasteiger partial charge in [-0.05, 0) is 32.8 Å². The van der Waals surface area contributed by atoms with Gasteiger partial charge in [-0.15, -0.1) is 0 Å². The van der Waals surface area contributed by atoms with Gasteiger partial charge in [0.25, 0.3) is 5.91 Å². The quantitative estimate of drug-likeness (QED) is 0.804. The Balaban J connectivity index is 1.89. The van der Waals surface area contributed by atoms with Gasteiger partial charge in [-0.25, -0.2) is 4.79 Å². The van der Waals surface area contributed by atoms with Crippen molar-refractivity contribution in [1.29, 1.82) is 0 Å². The van der Waals surface area contributed by atoms with E-state index in [4.69, 9.17) is 9.15 Å². The highest BCUT2D eigenvalue weighted by Crippen LogP contribution is 2.19. The standard InChI is InChI=1S/C12H15NO4/c1-7-10(5-6-16-7)12(15)17-8(2)11(14)13-9-3-4-9/h5-6,8-9H,3-4H2,1-2H3,(H,13,14). The number of carbonyl (C=O) groups excluding carboxylic acids is 2. The van der Waals surface area contributed by atoms with Gasteiger partial charge in [-0.2, -0.15) is 0 Å². The van der Waals surface area contributed by atoms with Gasteiger partial charge < -0.3 is 14.5 Å². The van der Waals surface area contributed by atoms with Crippen molar-refractivity contribution < 1.29 is 18.7 Å². The lowest BCUT2D eigenvalue weighted by atomic mass is 10.2. The second kappa shape index (κ2) is 4.61. The van der Waals surface area contributed by atoms with Crippen molar-refractivity contribution in [2.45, 2.75) is 38.8 Å². The molecule has 5 heteroatoms. The summed E-state index contributed by atoms with van der Waals surface area (Å²) >= 11 is 0. The fourth-order valence-electron chi connectivity index (χ4n) is 1.42. The van der Waals surface area contributed by atoms with E-state index in [1.807, 2.05) is 0 Å². The highest BCUT2D eigenvalue weighted by atomic mass is 16.5. The van der Waals surface area contributed by atoms with Crippen molar-refractivity contribution in [3.8, 4) is 0 Å². The van der Waals surface area contributed by atoms with E-state index in [-0.39, 0.29) is 11.9 Å². The summed E-state index contributed by atoms with van der Waals surface area (Å²) in [6.07, 6.45) is 2.65. The van der Waals surface area contributed by atoms with Crippen molar-refractivity contribution in [2.24, 2.45) is 0 Å². The van der Waals surface area contributed by atoms with E-state index in [9.17, 15) is 9.59 Å². The first kappa shape index (κ1) is 11.7. The number of carbonyl (C=O) groups is 2. The lowest BCUT2D eigenvalue weighted by Gasteiger charge is -2.12. The Morgan fingerprint density at radius 3 is 2.76 bits per heavy atom. The largest absolute Gasteiger partial charge is 0.469 e. The van der Waals surface area contributed by atoms with E-state index in [1.54, 1.807) is 13.8 Å². The number of ether oxygens (including phenoxy) is 1. The average Bonchev–Trinajstić information content (AvgIpc) is 2.98. The van der Waals surface area contributed by atoms with Crippen molar-refractivity contribution in [3.63, 3.8) is 0 Å². The topological polar surface area (TPSA) is 68.5 Å². The zero-order chi connectivity index (χ0) is 12.4. The number of hydrogen-bond acceptors (Lipinski definition) is 4. The fourth-order valence-corrected chi connectivity index (χ4v) is 1.42. The van der Waals surface area contributed by atoms with Gasteiger partial charge in [0.15, 0.2) is 6.10 Å². The lowest BCUT2D eigenvalue weighted by molar-refractivity contribution is -0.129. The molecule has 92 valence electrons. The molecule has 5 nitrogen and oxygen atoms in total. The maximum Gasteiger partial charge on any atom is 0.342 e. The number of amides is 1. The van der Waals surface area contributed by atoms with Gasteiger partial charge >= 0.3 is 5.97 Å². The normalized spacial score (nSPS) is 16.4. The molecule has 0 aromatic carbocycles. The molecule has 1 unspecified atom stereocenters. The number of esters is 1. The molecule has 1 aromatic rings. The molecule has 1 amide bonds. The van der Waals surface area contributed by atoms with Crippen LogP contribution in [-0.2, 0) is 9.53 Å². The molecule has 1 atom stereocenters. The number of hydrogen-bond donors (Lipinski definition) is 1.